The summed E-state index contributed by atoms with van der Waals surface area (Å²) in [7, 11) is 0. The van der Waals surface area contributed by atoms with Gasteiger partial charge in [0.25, 0.3) is 0 Å². The molecular weight excluding hydrogens is 210 g/mol. The van der Waals surface area contributed by atoms with Gasteiger partial charge >= 0.3 is 0 Å². The molecule has 3 nitrogen and oxygen atoms in total. The van der Waals surface area contributed by atoms with Gasteiger partial charge < -0.3 is 10.1 Å². The first-order valence-electron chi connectivity index (χ1n) is 5.24. The Bertz CT molecular complexity index is 304. The van der Waals surface area contributed by atoms with Crippen LogP contribution in [0.1, 0.15) is 22.5 Å². The van der Waals surface area contributed by atoms with E-state index < -0.39 is 0 Å². The van der Waals surface area contributed by atoms with Crippen LogP contribution in [-0.4, -0.2) is 31.6 Å². The van der Waals surface area contributed by atoms with Crippen LogP contribution in [0.3, 0.4) is 0 Å². The first-order valence-corrected chi connectivity index (χ1v) is 6.12. The van der Waals surface area contributed by atoms with Gasteiger partial charge in [0.1, 0.15) is 6.61 Å². The molecule has 4 heteroatoms. The van der Waals surface area contributed by atoms with Gasteiger partial charge in [-0.15, -0.1) is 11.3 Å². The molecule has 15 heavy (non-hydrogen) atoms. The quantitative estimate of drug-likeness (QED) is 0.775. The molecule has 0 unspecified atom stereocenters. The SMILES string of the molecule is O=C(COC[C@H]1CCCN1)c1cccs1. The molecule has 0 aliphatic carbocycles. The number of nitrogens with one attached hydrogen (secondary N) is 1. The molecule has 0 aromatic carbocycles. The third-order valence-corrected chi connectivity index (χ3v) is 3.42. The summed E-state index contributed by atoms with van der Waals surface area (Å²) in [6, 6.07) is 4.17. The monoisotopic (exact) mass is 225 g/mol. The number of hydrogen-bond donors (Lipinski definition) is 1. The maximum atomic E-state index is 11.5. The van der Waals surface area contributed by atoms with E-state index in [1.807, 2.05) is 17.5 Å². The van der Waals surface area contributed by atoms with Gasteiger partial charge in [-0.2, -0.15) is 0 Å². The van der Waals surface area contributed by atoms with Gasteiger partial charge in [-0.25, -0.2) is 0 Å². The van der Waals surface area contributed by atoms with Crippen molar-refractivity contribution < 1.29 is 9.53 Å². The molecule has 82 valence electrons. The Morgan fingerprint density at radius 1 is 1.67 bits per heavy atom. The highest BCUT2D eigenvalue weighted by atomic mass is 32.1. The van der Waals surface area contributed by atoms with E-state index in [4.69, 9.17) is 4.74 Å². The third-order valence-electron chi connectivity index (χ3n) is 2.51. The Hall–Kier alpha value is -0.710. The van der Waals surface area contributed by atoms with Gasteiger partial charge in [-0.1, -0.05) is 6.07 Å². The molecule has 1 saturated heterocycles. The van der Waals surface area contributed by atoms with Gasteiger partial charge in [-0.05, 0) is 30.8 Å². The minimum atomic E-state index is 0.0861. The number of rotatable bonds is 5. The average molecular weight is 225 g/mol. The maximum Gasteiger partial charge on any atom is 0.198 e. The molecule has 0 saturated carbocycles. The number of hydrogen-bond acceptors (Lipinski definition) is 4. The lowest BCUT2D eigenvalue weighted by atomic mass is 10.2. The van der Waals surface area contributed by atoms with Crippen LogP contribution in [0.15, 0.2) is 17.5 Å². The zero-order chi connectivity index (χ0) is 10.5. The number of carbonyl (C=O) groups is 1. The van der Waals surface area contributed by atoms with Gasteiger partial charge in [-0.3, -0.25) is 4.79 Å². The van der Waals surface area contributed by atoms with Crippen LogP contribution in [-0.2, 0) is 4.74 Å². The Balaban J connectivity index is 1.67. The van der Waals surface area contributed by atoms with Crippen molar-refractivity contribution in [2.24, 2.45) is 0 Å². The fraction of sp³-hybridized carbons (Fsp3) is 0.545. The minimum Gasteiger partial charge on any atom is -0.372 e. The van der Waals surface area contributed by atoms with E-state index in [0.717, 1.165) is 17.8 Å². The Labute approximate surface area is 93.4 Å². The maximum absolute atomic E-state index is 11.5. The van der Waals surface area contributed by atoms with E-state index in [0.29, 0.717) is 12.6 Å². The molecular formula is C11H15NO2S. The summed E-state index contributed by atoms with van der Waals surface area (Å²) in [6.07, 6.45) is 2.38. The first-order chi connectivity index (χ1) is 7.36. The predicted molar refractivity (Wildman–Crippen MR) is 60.5 cm³/mol. The summed E-state index contributed by atoms with van der Waals surface area (Å²) in [5, 5.41) is 5.24. The van der Waals surface area contributed by atoms with Crippen molar-refractivity contribution in [3.05, 3.63) is 22.4 Å². The van der Waals surface area contributed by atoms with Crippen molar-refractivity contribution in [1.82, 2.24) is 5.32 Å². The number of carbonyl (C=O) groups excluding carboxylic acids is 1. The van der Waals surface area contributed by atoms with Crippen LogP contribution < -0.4 is 5.32 Å². The second-order valence-corrected chi connectivity index (χ2v) is 4.66. The van der Waals surface area contributed by atoms with Crippen molar-refractivity contribution in [1.29, 1.82) is 0 Å². The first kappa shape index (κ1) is 10.8. The number of ether oxygens (including phenoxy) is 1. The molecule has 2 heterocycles. The highest BCUT2D eigenvalue weighted by molar-refractivity contribution is 7.12. The second kappa shape index (κ2) is 5.39. The number of thiophene rings is 1. The summed E-state index contributed by atoms with van der Waals surface area (Å²) in [5.41, 5.74) is 0. The van der Waals surface area contributed by atoms with E-state index in [1.165, 1.54) is 17.8 Å². The lowest BCUT2D eigenvalue weighted by Gasteiger charge is -2.09. The second-order valence-electron chi connectivity index (χ2n) is 3.71. The van der Waals surface area contributed by atoms with Crippen molar-refractivity contribution in [2.45, 2.75) is 18.9 Å². The van der Waals surface area contributed by atoms with Crippen LogP contribution in [0.5, 0.6) is 0 Å². The normalized spacial score (nSPS) is 20.7. The highest BCUT2D eigenvalue weighted by Crippen LogP contribution is 2.10. The molecule has 1 fully saturated rings. The van der Waals surface area contributed by atoms with E-state index >= 15 is 0 Å². The van der Waals surface area contributed by atoms with Crippen molar-refractivity contribution in [3.63, 3.8) is 0 Å². The van der Waals surface area contributed by atoms with E-state index in [2.05, 4.69) is 5.32 Å². The summed E-state index contributed by atoms with van der Waals surface area (Å²) in [4.78, 5) is 12.3. The molecule has 0 bridgehead atoms. The molecule has 1 N–H and O–H groups in total. The molecule has 1 aromatic rings. The van der Waals surface area contributed by atoms with E-state index in [9.17, 15) is 4.79 Å². The van der Waals surface area contributed by atoms with Crippen LogP contribution in [0.25, 0.3) is 0 Å². The predicted octanol–water partition coefficient (Wildman–Crippen LogP) is 1.70. The topological polar surface area (TPSA) is 38.3 Å². The fourth-order valence-corrected chi connectivity index (χ4v) is 2.35. The van der Waals surface area contributed by atoms with Crippen molar-refractivity contribution >= 4 is 17.1 Å². The number of Topliss-reactive ketones (excluding diaryl/α,β-unsaturated/α-hetero) is 1. The summed E-state index contributed by atoms with van der Waals surface area (Å²) >= 11 is 1.47. The Kier molecular flexibility index (Phi) is 3.88. The lowest BCUT2D eigenvalue weighted by Crippen LogP contribution is -2.27. The molecule has 1 aliphatic heterocycles. The van der Waals surface area contributed by atoms with Gasteiger partial charge in [0.2, 0.25) is 0 Å². The Morgan fingerprint density at radius 3 is 3.27 bits per heavy atom. The van der Waals surface area contributed by atoms with Crippen LogP contribution in [0, 0.1) is 0 Å². The molecule has 2 rings (SSSR count). The third kappa shape index (κ3) is 3.12. The average Bonchev–Trinajstić information content (AvgIpc) is 2.90. The summed E-state index contributed by atoms with van der Waals surface area (Å²) in [6.45, 7) is 1.93. The van der Waals surface area contributed by atoms with Crippen molar-refractivity contribution in [3.8, 4) is 0 Å². The molecule has 1 atom stereocenters. The smallest absolute Gasteiger partial charge is 0.198 e. The van der Waals surface area contributed by atoms with E-state index in [-0.39, 0.29) is 12.4 Å². The zero-order valence-corrected chi connectivity index (χ0v) is 9.39. The van der Waals surface area contributed by atoms with Crippen molar-refractivity contribution in [2.75, 3.05) is 19.8 Å². The van der Waals surface area contributed by atoms with Crippen LogP contribution in [0.2, 0.25) is 0 Å². The van der Waals surface area contributed by atoms with Crippen LogP contribution in [0.4, 0.5) is 0 Å². The molecule has 1 aliphatic rings. The largest absolute Gasteiger partial charge is 0.372 e. The highest BCUT2D eigenvalue weighted by Gasteiger charge is 2.14. The molecule has 1 aromatic heterocycles. The summed E-state index contributed by atoms with van der Waals surface area (Å²) in [5.74, 6) is 0.0861. The lowest BCUT2D eigenvalue weighted by molar-refractivity contribution is 0.0727. The fourth-order valence-electron chi connectivity index (χ4n) is 1.70. The standard InChI is InChI=1S/C11H15NO2S/c13-10(11-4-2-6-15-11)8-14-7-9-3-1-5-12-9/h2,4,6,9,12H,1,3,5,7-8H2/t9-/m1/s1. The van der Waals surface area contributed by atoms with Gasteiger partial charge in [0.05, 0.1) is 11.5 Å². The van der Waals surface area contributed by atoms with E-state index in [1.54, 1.807) is 0 Å². The van der Waals surface area contributed by atoms with Gasteiger partial charge in [0, 0.05) is 6.04 Å². The molecule has 0 radical (unpaired) electrons. The molecule has 0 spiro atoms. The number of ketones is 1. The molecule has 0 amide bonds. The van der Waals surface area contributed by atoms with Crippen LogP contribution >= 0.6 is 11.3 Å². The zero-order valence-electron chi connectivity index (χ0n) is 8.57. The van der Waals surface area contributed by atoms with Gasteiger partial charge in [0.15, 0.2) is 5.78 Å². The Morgan fingerprint density at radius 2 is 2.60 bits per heavy atom. The minimum absolute atomic E-state index is 0.0861. The summed E-state index contributed by atoms with van der Waals surface area (Å²) < 4.78 is 5.40.